The average molecular weight is 394 g/mol. The van der Waals surface area contributed by atoms with Crippen LogP contribution in [-0.4, -0.2) is 48.9 Å². The molecule has 0 aliphatic carbocycles. The maximum atomic E-state index is 12.4. The fourth-order valence-electron chi connectivity index (χ4n) is 2.96. The quantitative estimate of drug-likeness (QED) is 0.402. The van der Waals surface area contributed by atoms with Crippen molar-refractivity contribution >= 4 is 17.7 Å². The van der Waals surface area contributed by atoms with E-state index >= 15 is 0 Å². The molecule has 0 unspecified atom stereocenters. The van der Waals surface area contributed by atoms with E-state index in [0.717, 1.165) is 10.6 Å². The maximum Gasteiger partial charge on any atom is 0.261 e. The summed E-state index contributed by atoms with van der Waals surface area (Å²) in [6, 6.07) is 11.7. The Labute approximate surface area is 168 Å². The van der Waals surface area contributed by atoms with Crippen LogP contribution in [0.3, 0.4) is 0 Å². The molecule has 29 heavy (non-hydrogen) atoms. The predicted molar refractivity (Wildman–Crippen MR) is 107 cm³/mol. The van der Waals surface area contributed by atoms with Crippen LogP contribution in [0.1, 0.15) is 38.0 Å². The van der Waals surface area contributed by atoms with Gasteiger partial charge in [0.15, 0.2) is 0 Å². The fourth-order valence-corrected chi connectivity index (χ4v) is 2.96. The van der Waals surface area contributed by atoms with E-state index < -0.39 is 5.91 Å². The Bertz CT molecular complexity index is 937. The zero-order valence-corrected chi connectivity index (χ0v) is 16.1. The Kier molecular flexibility index (Phi) is 6.29. The van der Waals surface area contributed by atoms with Crippen LogP contribution in [0.25, 0.3) is 0 Å². The zero-order valence-electron chi connectivity index (χ0n) is 16.1. The van der Waals surface area contributed by atoms with Crippen molar-refractivity contribution in [3.63, 3.8) is 0 Å². The number of rotatable bonds is 9. The van der Waals surface area contributed by atoms with Gasteiger partial charge in [0.2, 0.25) is 0 Å². The summed E-state index contributed by atoms with van der Waals surface area (Å²) >= 11 is 0. The molecule has 1 N–H and O–H groups in total. The summed E-state index contributed by atoms with van der Waals surface area (Å²) in [7, 11) is 0. The molecular weight excluding hydrogens is 372 g/mol. The topological polar surface area (TPSA) is 84.9 Å². The van der Waals surface area contributed by atoms with Gasteiger partial charge in [-0.3, -0.25) is 19.3 Å². The van der Waals surface area contributed by atoms with Crippen molar-refractivity contribution in [2.24, 2.45) is 0 Å². The smallest absolute Gasteiger partial charge is 0.261 e. The van der Waals surface area contributed by atoms with Crippen molar-refractivity contribution in [1.82, 2.24) is 10.2 Å². The Hall–Kier alpha value is -3.61. The Morgan fingerprint density at radius 3 is 2.34 bits per heavy atom. The van der Waals surface area contributed by atoms with Gasteiger partial charge in [-0.25, -0.2) is 0 Å². The molecule has 0 saturated heterocycles. The van der Waals surface area contributed by atoms with Gasteiger partial charge in [0.1, 0.15) is 18.1 Å². The number of carbonyl (C=O) groups excluding carboxylic acids is 3. The number of ether oxygens (including phenoxy) is 2. The first-order valence-electron chi connectivity index (χ1n) is 9.30. The number of nitrogens with one attached hydrogen (secondary N) is 1. The molecule has 2 aromatic rings. The summed E-state index contributed by atoms with van der Waals surface area (Å²) in [6.07, 6.45) is 1.49. The van der Waals surface area contributed by atoms with E-state index in [9.17, 15) is 14.4 Å². The summed E-state index contributed by atoms with van der Waals surface area (Å²) in [5, 5.41) is 2.74. The van der Waals surface area contributed by atoms with Crippen LogP contribution < -0.4 is 14.8 Å². The number of hydrogen-bond acceptors (Lipinski definition) is 5. The molecule has 2 aromatic carbocycles. The number of amides is 3. The maximum absolute atomic E-state index is 12.4. The standard InChI is InChI=1S/C22H22N2O5/c1-3-12-24-21(26)18-10-5-15(14-19(18)22(24)27)20(25)23-11-13-29-17-8-6-16(7-9-17)28-4-2/h3,5-10,14H,1,4,11-13H2,2H3,(H,23,25). The van der Waals surface area contributed by atoms with Gasteiger partial charge in [0, 0.05) is 12.1 Å². The van der Waals surface area contributed by atoms with Crippen LogP contribution in [0.2, 0.25) is 0 Å². The molecule has 3 rings (SSSR count). The summed E-state index contributed by atoms with van der Waals surface area (Å²) in [5.41, 5.74) is 0.841. The highest BCUT2D eigenvalue weighted by molar-refractivity contribution is 6.22. The first-order valence-corrected chi connectivity index (χ1v) is 9.30. The van der Waals surface area contributed by atoms with Gasteiger partial charge >= 0.3 is 0 Å². The highest BCUT2D eigenvalue weighted by Gasteiger charge is 2.35. The lowest BCUT2D eigenvalue weighted by Crippen LogP contribution is -2.29. The Morgan fingerprint density at radius 1 is 1.03 bits per heavy atom. The highest BCUT2D eigenvalue weighted by atomic mass is 16.5. The van der Waals surface area contributed by atoms with E-state index in [1.807, 2.05) is 19.1 Å². The van der Waals surface area contributed by atoms with Gasteiger partial charge in [0.05, 0.1) is 24.3 Å². The second-order valence-corrected chi connectivity index (χ2v) is 6.28. The number of carbonyl (C=O) groups is 3. The number of benzene rings is 2. The van der Waals surface area contributed by atoms with Gasteiger partial charge in [-0.05, 0) is 49.4 Å². The van der Waals surface area contributed by atoms with Crippen LogP contribution in [-0.2, 0) is 0 Å². The van der Waals surface area contributed by atoms with Crippen molar-refractivity contribution in [1.29, 1.82) is 0 Å². The van der Waals surface area contributed by atoms with Crippen LogP contribution in [0.4, 0.5) is 0 Å². The van der Waals surface area contributed by atoms with Crippen LogP contribution in [0.5, 0.6) is 11.5 Å². The second kappa shape index (κ2) is 9.05. The Morgan fingerprint density at radius 2 is 1.69 bits per heavy atom. The zero-order chi connectivity index (χ0) is 20.8. The summed E-state index contributed by atoms with van der Waals surface area (Å²) in [4.78, 5) is 38.0. The number of fused-ring (bicyclic) bond motifs is 1. The third-order valence-corrected chi connectivity index (χ3v) is 4.34. The normalized spacial score (nSPS) is 12.5. The number of nitrogens with zero attached hydrogens (tertiary/aromatic N) is 1. The highest BCUT2D eigenvalue weighted by Crippen LogP contribution is 2.24. The van der Waals surface area contributed by atoms with Gasteiger partial charge in [0.25, 0.3) is 17.7 Å². The molecule has 0 atom stereocenters. The third kappa shape index (κ3) is 4.45. The molecule has 0 radical (unpaired) electrons. The van der Waals surface area contributed by atoms with E-state index in [4.69, 9.17) is 9.47 Å². The van der Waals surface area contributed by atoms with Crippen molar-refractivity contribution < 1.29 is 23.9 Å². The summed E-state index contributed by atoms with van der Waals surface area (Å²) in [5.74, 6) is 0.306. The van der Waals surface area contributed by atoms with Gasteiger partial charge < -0.3 is 14.8 Å². The molecule has 150 valence electrons. The first-order chi connectivity index (χ1) is 14.0. The Balaban J connectivity index is 1.53. The number of imide groups is 1. The van der Waals surface area contributed by atoms with Crippen molar-refractivity contribution in [2.75, 3.05) is 26.3 Å². The fraction of sp³-hybridized carbons (Fsp3) is 0.227. The predicted octanol–water partition coefficient (Wildman–Crippen LogP) is 2.68. The van der Waals surface area contributed by atoms with Crippen LogP contribution in [0.15, 0.2) is 55.1 Å². The molecule has 3 amide bonds. The monoisotopic (exact) mass is 394 g/mol. The van der Waals surface area contributed by atoms with Gasteiger partial charge in [-0.2, -0.15) is 0 Å². The van der Waals surface area contributed by atoms with E-state index in [-0.39, 0.29) is 30.5 Å². The molecule has 7 heteroatoms. The minimum absolute atomic E-state index is 0.136. The molecular formula is C22H22N2O5. The lowest BCUT2D eigenvalue weighted by Gasteiger charge is -2.09. The first kappa shape index (κ1) is 20.1. The van der Waals surface area contributed by atoms with Crippen molar-refractivity contribution in [3.8, 4) is 11.5 Å². The van der Waals surface area contributed by atoms with Gasteiger partial charge in [-0.15, -0.1) is 6.58 Å². The summed E-state index contributed by atoms with van der Waals surface area (Å²) < 4.78 is 11.0. The summed E-state index contributed by atoms with van der Waals surface area (Å²) in [6.45, 7) is 6.78. The molecule has 0 bridgehead atoms. The number of hydrogen-bond donors (Lipinski definition) is 1. The minimum atomic E-state index is -0.418. The molecule has 7 nitrogen and oxygen atoms in total. The molecule has 0 fully saturated rings. The van der Waals surface area contributed by atoms with E-state index in [1.165, 1.54) is 24.3 Å². The lowest BCUT2D eigenvalue weighted by molar-refractivity contribution is 0.0672. The second-order valence-electron chi connectivity index (χ2n) is 6.28. The van der Waals surface area contributed by atoms with E-state index in [0.29, 0.717) is 30.0 Å². The molecule has 0 saturated carbocycles. The van der Waals surface area contributed by atoms with Crippen molar-refractivity contribution in [2.45, 2.75) is 6.92 Å². The molecule has 0 spiro atoms. The molecule has 1 aliphatic rings. The lowest BCUT2D eigenvalue weighted by atomic mass is 10.1. The van der Waals surface area contributed by atoms with Crippen molar-refractivity contribution in [3.05, 3.63) is 71.8 Å². The molecule has 1 aliphatic heterocycles. The van der Waals surface area contributed by atoms with Crippen LogP contribution in [0, 0.1) is 0 Å². The van der Waals surface area contributed by atoms with Gasteiger partial charge in [-0.1, -0.05) is 6.08 Å². The largest absolute Gasteiger partial charge is 0.494 e. The third-order valence-electron chi connectivity index (χ3n) is 4.34. The SMILES string of the molecule is C=CCN1C(=O)c2ccc(C(=O)NCCOc3ccc(OCC)cc3)cc2C1=O. The average Bonchev–Trinajstić information content (AvgIpc) is 2.97. The molecule has 1 heterocycles. The molecule has 0 aromatic heterocycles. The van der Waals surface area contributed by atoms with E-state index in [2.05, 4.69) is 11.9 Å². The minimum Gasteiger partial charge on any atom is -0.494 e. The van der Waals surface area contributed by atoms with Crippen LogP contribution >= 0.6 is 0 Å². The van der Waals surface area contributed by atoms with E-state index in [1.54, 1.807) is 12.1 Å².